The standard InChI is InChI=1S/C27H18Cl3N3O3S2/c1-14-2-6-16(7-3-14)23(34)21-22(19-11-10-18(29)12-20(19)30)33(25(36)24(21)35)26-31-32-27(38-26)37-13-15-4-8-17(28)9-5-15/h2-12,22,34H,13H2,1H3/b23-21-. The molecule has 192 valence electrons. The number of amides is 1. The smallest absolute Gasteiger partial charge is 0.301 e. The minimum atomic E-state index is -1.02. The molecule has 1 unspecified atom stereocenters. The first-order valence-electron chi connectivity index (χ1n) is 11.3. The third kappa shape index (κ3) is 5.32. The maximum Gasteiger partial charge on any atom is 0.301 e. The molecule has 1 aliphatic rings. The average molecular weight is 603 g/mol. The van der Waals surface area contributed by atoms with E-state index in [2.05, 4.69) is 10.2 Å². The van der Waals surface area contributed by atoms with E-state index in [-0.39, 0.29) is 21.5 Å². The van der Waals surface area contributed by atoms with Crippen LogP contribution in [0.3, 0.4) is 0 Å². The molecule has 1 aromatic heterocycles. The van der Waals surface area contributed by atoms with Crippen molar-refractivity contribution < 1.29 is 14.7 Å². The van der Waals surface area contributed by atoms with E-state index in [9.17, 15) is 14.7 Å². The monoisotopic (exact) mass is 601 g/mol. The zero-order valence-corrected chi connectivity index (χ0v) is 23.6. The topological polar surface area (TPSA) is 83.4 Å². The minimum Gasteiger partial charge on any atom is -0.507 e. The van der Waals surface area contributed by atoms with E-state index >= 15 is 0 Å². The quantitative estimate of drug-likeness (QED) is 0.0800. The Morgan fingerprint density at radius 3 is 2.34 bits per heavy atom. The molecule has 0 aliphatic carbocycles. The van der Waals surface area contributed by atoms with Crippen LogP contribution in [0.5, 0.6) is 0 Å². The highest BCUT2D eigenvalue weighted by Crippen LogP contribution is 2.46. The predicted octanol–water partition coefficient (Wildman–Crippen LogP) is 7.73. The number of ketones is 1. The molecule has 1 saturated heterocycles. The van der Waals surface area contributed by atoms with Gasteiger partial charge in [-0.15, -0.1) is 10.2 Å². The molecule has 11 heteroatoms. The lowest BCUT2D eigenvalue weighted by molar-refractivity contribution is -0.132. The first-order valence-corrected chi connectivity index (χ1v) is 14.2. The van der Waals surface area contributed by atoms with E-state index in [1.807, 2.05) is 43.3 Å². The molecule has 6 nitrogen and oxygen atoms in total. The molecule has 3 aromatic carbocycles. The van der Waals surface area contributed by atoms with E-state index in [0.717, 1.165) is 11.1 Å². The van der Waals surface area contributed by atoms with Gasteiger partial charge in [0.15, 0.2) is 4.34 Å². The van der Waals surface area contributed by atoms with Crippen LogP contribution in [-0.2, 0) is 15.3 Å². The number of Topliss-reactive ketones (excluding diaryl/α,β-unsaturated/α-hetero) is 1. The van der Waals surface area contributed by atoms with Gasteiger partial charge in [0, 0.05) is 26.4 Å². The molecule has 1 aliphatic heterocycles. The number of hydrogen-bond acceptors (Lipinski definition) is 7. The summed E-state index contributed by atoms with van der Waals surface area (Å²) in [5.41, 5.74) is 2.77. The van der Waals surface area contributed by atoms with Gasteiger partial charge in [-0.2, -0.15) is 0 Å². The molecule has 0 saturated carbocycles. The zero-order valence-electron chi connectivity index (χ0n) is 19.7. The van der Waals surface area contributed by atoms with Crippen molar-refractivity contribution >= 4 is 80.5 Å². The maximum absolute atomic E-state index is 13.4. The molecule has 38 heavy (non-hydrogen) atoms. The van der Waals surface area contributed by atoms with Gasteiger partial charge in [-0.3, -0.25) is 14.5 Å². The van der Waals surface area contributed by atoms with Crippen LogP contribution < -0.4 is 4.90 Å². The lowest BCUT2D eigenvalue weighted by Gasteiger charge is -2.23. The van der Waals surface area contributed by atoms with Crippen molar-refractivity contribution in [2.24, 2.45) is 0 Å². The Balaban J connectivity index is 1.56. The number of halogens is 3. The number of aryl methyl sites for hydroxylation is 1. The number of anilines is 1. The number of carbonyl (C=O) groups excluding carboxylic acids is 2. The number of thioether (sulfide) groups is 1. The average Bonchev–Trinajstić information content (AvgIpc) is 3.46. The summed E-state index contributed by atoms with van der Waals surface area (Å²) in [6.07, 6.45) is 0. The number of aromatic nitrogens is 2. The molecular formula is C27H18Cl3N3O3S2. The number of aliphatic hydroxyl groups excluding tert-OH is 1. The molecule has 1 fully saturated rings. The minimum absolute atomic E-state index is 0.0892. The molecule has 4 aromatic rings. The van der Waals surface area contributed by atoms with Crippen LogP contribution in [0.1, 0.15) is 28.3 Å². The van der Waals surface area contributed by atoms with Crippen molar-refractivity contribution in [2.45, 2.75) is 23.1 Å². The highest BCUT2D eigenvalue weighted by molar-refractivity contribution is 8.00. The lowest BCUT2D eigenvalue weighted by Crippen LogP contribution is -2.29. The maximum atomic E-state index is 13.4. The number of benzene rings is 3. The number of rotatable bonds is 6. The van der Waals surface area contributed by atoms with Crippen molar-refractivity contribution in [2.75, 3.05) is 4.90 Å². The summed E-state index contributed by atoms with van der Waals surface area (Å²) < 4.78 is 0.608. The Labute approximate surface area is 241 Å². The van der Waals surface area contributed by atoms with Gasteiger partial charge in [0.1, 0.15) is 5.76 Å². The Hall–Kier alpha value is -2.88. The van der Waals surface area contributed by atoms with E-state index in [1.165, 1.54) is 34.1 Å². The van der Waals surface area contributed by atoms with Crippen LogP contribution >= 0.6 is 57.9 Å². The SMILES string of the molecule is Cc1ccc(/C(O)=C2/C(=O)C(=O)N(c3nnc(SCc4ccc(Cl)cc4)s3)C2c2ccc(Cl)cc2Cl)cc1. The van der Waals surface area contributed by atoms with Crippen molar-refractivity contribution in [1.82, 2.24) is 10.2 Å². The summed E-state index contributed by atoms with van der Waals surface area (Å²) >= 11 is 21.2. The van der Waals surface area contributed by atoms with Crippen molar-refractivity contribution in [3.05, 3.63) is 110 Å². The molecule has 1 atom stereocenters. The van der Waals surface area contributed by atoms with E-state index in [1.54, 1.807) is 24.3 Å². The number of nitrogens with zero attached hydrogens (tertiary/aromatic N) is 3. The summed E-state index contributed by atoms with van der Waals surface area (Å²) in [5, 5.41) is 21.2. The summed E-state index contributed by atoms with van der Waals surface area (Å²) in [7, 11) is 0. The summed E-state index contributed by atoms with van der Waals surface area (Å²) in [5.74, 6) is -1.36. The molecule has 0 spiro atoms. The Morgan fingerprint density at radius 1 is 0.974 bits per heavy atom. The fourth-order valence-corrected chi connectivity index (χ4v) is 6.46. The van der Waals surface area contributed by atoms with Crippen molar-refractivity contribution in [1.29, 1.82) is 0 Å². The zero-order chi connectivity index (χ0) is 27.0. The van der Waals surface area contributed by atoms with Crippen LogP contribution in [0, 0.1) is 6.92 Å². The third-order valence-corrected chi connectivity index (χ3v) is 8.85. The third-order valence-electron chi connectivity index (χ3n) is 5.90. The lowest BCUT2D eigenvalue weighted by atomic mass is 9.95. The second-order valence-corrected chi connectivity index (χ2v) is 11.9. The summed E-state index contributed by atoms with van der Waals surface area (Å²) in [6, 6.07) is 18.2. The largest absolute Gasteiger partial charge is 0.507 e. The van der Waals surface area contributed by atoms with Gasteiger partial charge >= 0.3 is 5.91 Å². The first-order chi connectivity index (χ1) is 18.2. The summed E-state index contributed by atoms with van der Waals surface area (Å²) in [6.45, 7) is 1.91. The van der Waals surface area contributed by atoms with Crippen LogP contribution in [0.2, 0.25) is 15.1 Å². The van der Waals surface area contributed by atoms with Crippen LogP contribution in [0.15, 0.2) is 76.6 Å². The Morgan fingerprint density at radius 2 is 1.66 bits per heavy atom. The van der Waals surface area contributed by atoms with E-state index in [4.69, 9.17) is 34.8 Å². The van der Waals surface area contributed by atoms with Crippen LogP contribution in [0.25, 0.3) is 5.76 Å². The molecule has 5 rings (SSSR count). The second-order valence-electron chi connectivity index (χ2n) is 8.47. The Bertz CT molecular complexity index is 1570. The number of aliphatic hydroxyl groups is 1. The van der Waals surface area contributed by atoms with Gasteiger partial charge in [-0.05, 0) is 42.3 Å². The molecule has 1 N–H and O–H groups in total. The molecule has 0 radical (unpaired) electrons. The van der Waals surface area contributed by atoms with Gasteiger partial charge in [-0.1, -0.05) is 106 Å². The van der Waals surface area contributed by atoms with Crippen LogP contribution in [0.4, 0.5) is 5.13 Å². The van der Waals surface area contributed by atoms with Gasteiger partial charge in [0.25, 0.3) is 5.78 Å². The van der Waals surface area contributed by atoms with Gasteiger partial charge < -0.3 is 5.11 Å². The highest BCUT2D eigenvalue weighted by atomic mass is 35.5. The molecular weight excluding hydrogens is 585 g/mol. The normalized spacial score (nSPS) is 16.8. The molecule has 0 bridgehead atoms. The van der Waals surface area contributed by atoms with Gasteiger partial charge in [0.05, 0.1) is 11.6 Å². The molecule has 2 heterocycles. The second kappa shape index (κ2) is 11.1. The van der Waals surface area contributed by atoms with E-state index < -0.39 is 17.7 Å². The highest BCUT2D eigenvalue weighted by Gasteiger charge is 2.49. The summed E-state index contributed by atoms with van der Waals surface area (Å²) in [4.78, 5) is 27.9. The molecule has 1 amide bonds. The first kappa shape index (κ1) is 26.7. The van der Waals surface area contributed by atoms with Crippen molar-refractivity contribution in [3.63, 3.8) is 0 Å². The van der Waals surface area contributed by atoms with Crippen molar-refractivity contribution in [3.8, 4) is 0 Å². The fraction of sp³-hybridized carbons (Fsp3) is 0.111. The van der Waals surface area contributed by atoms with E-state index in [0.29, 0.717) is 31.3 Å². The van der Waals surface area contributed by atoms with Crippen LogP contribution in [-0.4, -0.2) is 27.0 Å². The van der Waals surface area contributed by atoms with Gasteiger partial charge in [-0.25, -0.2) is 0 Å². The Kier molecular flexibility index (Phi) is 7.79. The fourth-order valence-electron chi connectivity index (χ4n) is 4.00. The van der Waals surface area contributed by atoms with Gasteiger partial charge in [0.2, 0.25) is 5.13 Å². The predicted molar refractivity (Wildman–Crippen MR) is 153 cm³/mol. The number of hydrogen-bond donors (Lipinski definition) is 1. The number of carbonyl (C=O) groups is 2.